The van der Waals surface area contributed by atoms with Gasteiger partial charge in [0, 0.05) is 7.05 Å². The van der Waals surface area contributed by atoms with Crippen LogP contribution in [0.3, 0.4) is 0 Å². The zero-order valence-electron chi connectivity index (χ0n) is 9.93. The summed E-state index contributed by atoms with van der Waals surface area (Å²) in [6.07, 6.45) is 1.07. The van der Waals surface area contributed by atoms with Crippen LogP contribution in [0.4, 0.5) is 0 Å². The van der Waals surface area contributed by atoms with Gasteiger partial charge in [0.05, 0.1) is 6.04 Å². The van der Waals surface area contributed by atoms with Crippen LogP contribution in [0.2, 0.25) is 0 Å². The first kappa shape index (κ1) is 11.6. The van der Waals surface area contributed by atoms with Crippen molar-refractivity contribution in [2.45, 2.75) is 32.5 Å². The van der Waals surface area contributed by atoms with Gasteiger partial charge in [-0.1, -0.05) is 20.3 Å². The van der Waals surface area contributed by atoms with Gasteiger partial charge >= 0.3 is 0 Å². The highest BCUT2D eigenvalue weighted by Gasteiger charge is 2.39. The fraction of sp³-hybridized carbons (Fsp3) is 0.583. The lowest BCUT2D eigenvalue weighted by atomic mass is 9.99. The SMILES string of the molecule is CCC(C)C1NC(c2ccsc2)N(C)C1=O. The van der Waals surface area contributed by atoms with Crippen molar-refractivity contribution in [2.24, 2.45) is 5.92 Å². The Morgan fingerprint density at radius 3 is 2.94 bits per heavy atom. The van der Waals surface area contributed by atoms with Gasteiger partial charge in [0.2, 0.25) is 5.91 Å². The lowest BCUT2D eigenvalue weighted by Crippen LogP contribution is -2.35. The van der Waals surface area contributed by atoms with E-state index in [1.165, 1.54) is 5.56 Å². The fourth-order valence-corrected chi connectivity index (χ4v) is 2.77. The molecular weight excluding hydrogens is 220 g/mol. The molecule has 1 aliphatic rings. The number of hydrogen-bond acceptors (Lipinski definition) is 3. The van der Waals surface area contributed by atoms with Crippen molar-refractivity contribution in [1.82, 2.24) is 10.2 Å². The fourth-order valence-electron chi connectivity index (χ4n) is 2.09. The Morgan fingerprint density at radius 2 is 2.38 bits per heavy atom. The number of nitrogens with one attached hydrogen (secondary N) is 1. The smallest absolute Gasteiger partial charge is 0.241 e. The molecule has 2 heterocycles. The van der Waals surface area contributed by atoms with Crippen molar-refractivity contribution >= 4 is 17.2 Å². The topological polar surface area (TPSA) is 32.3 Å². The van der Waals surface area contributed by atoms with Gasteiger partial charge in [0.1, 0.15) is 6.17 Å². The van der Waals surface area contributed by atoms with E-state index in [0.717, 1.165) is 6.42 Å². The minimum atomic E-state index is -0.0279. The number of rotatable bonds is 3. The number of nitrogens with zero attached hydrogens (tertiary/aromatic N) is 1. The largest absolute Gasteiger partial charge is 0.325 e. The van der Waals surface area contributed by atoms with E-state index in [-0.39, 0.29) is 18.1 Å². The summed E-state index contributed by atoms with van der Waals surface area (Å²) in [5.74, 6) is 0.601. The number of carbonyl (C=O) groups excluding carboxylic acids is 1. The van der Waals surface area contributed by atoms with E-state index in [1.807, 2.05) is 17.3 Å². The molecule has 1 amide bonds. The Balaban J connectivity index is 2.17. The predicted octanol–water partition coefficient (Wildman–Crippen LogP) is 2.22. The predicted molar refractivity (Wildman–Crippen MR) is 66.2 cm³/mol. The van der Waals surface area contributed by atoms with Crippen LogP contribution in [-0.2, 0) is 4.79 Å². The summed E-state index contributed by atoms with van der Waals surface area (Å²) in [7, 11) is 1.88. The number of amides is 1. The summed E-state index contributed by atoms with van der Waals surface area (Å²) in [5, 5.41) is 7.57. The summed E-state index contributed by atoms with van der Waals surface area (Å²) < 4.78 is 0. The van der Waals surface area contributed by atoms with Gasteiger partial charge in [-0.3, -0.25) is 10.1 Å². The van der Waals surface area contributed by atoms with Crippen molar-refractivity contribution in [3.8, 4) is 0 Å². The number of carbonyl (C=O) groups is 1. The number of thiophene rings is 1. The van der Waals surface area contributed by atoms with E-state index in [4.69, 9.17) is 0 Å². The van der Waals surface area contributed by atoms with Gasteiger partial charge < -0.3 is 4.90 Å². The summed E-state index contributed by atoms with van der Waals surface area (Å²) in [6, 6.07) is 2.05. The Labute approximate surface area is 100 Å². The average Bonchev–Trinajstić information content (AvgIpc) is 2.89. The van der Waals surface area contributed by atoms with Crippen molar-refractivity contribution in [1.29, 1.82) is 0 Å². The number of likely N-dealkylation sites (N-methyl/N-ethyl adjacent to an activating group) is 1. The van der Waals surface area contributed by atoms with Gasteiger partial charge in [-0.05, 0) is 28.3 Å². The molecule has 4 heteroatoms. The molecule has 88 valence electrons. The highest BCUT2D eigenvalue weighted by atomic mass is 32.1. The second-order valence-corrected chi connectivity index (χ2v) is 5.22. The molecule has 1 aliphatic heterocycles. The van der Waals surface area contributed by atoms with Crippen LogP contribution >= 0.6 is 11.3 Å². The molecule has 1 aromatic rings. The van der Waals surface area contributed by atoms with E-state index in [9.17, 15) is 4.79 Å². The second kappa shape index (κ2) is 4.55. The Morgan fingerprint density at radius 1 is 1.62 bits per heavy atom. The molecule has 2 rings (SSSR count). The minimum absolute atomic E-state index is 0.0279. The highest BCUT2D eigenvalue weighted by molar-refractivity contribution is 7.07. The van der Waals surface area contributed by atoms with E-state index >= 15 is 0 Å². The average molecular weight is 238 g/mol. The van der Waals surface area contributed by atoms with Crippen molar-refractivity contribution in [2.75, 3.05) is 7.05 Å². The van der Waals surface area contributed by atoms with Crippen LogP contribution in [-0.4, -0.2) is 23.9 Å². The maximum Gasteiger partial charge on any atom is 0.241 e. The van der Waals surface area contributed by atoms with Crippen LogP contribution in [0.5, 0.6) is 0 Å². The van der Waals surface area contributed by atoms with E-state index in [0.29, 0.717) is 5.92 Å². The third-order valence-electron chi connectivity index (χ3n) is 3.41. The lowest BCUT2D eigenvalue weighted by molar-refractivity contribution is -0.129. The molecule has 0 bridgehead atoms. The maximum atomic E-state index is 12.1. The van der Waals surface area contributed by atoms with Crippen LogP contribution < -0.4 is 5.32 Å². The molecule has 3 unspecified atom stereocenters. The zero-order valence-corrected chi connectivity index (χ0v) is 10.8. The molecule has 1 aromatic heterocycles. The van der Waals surface area contributed by atoms with E-state index < -0.39 is 0 Å². The van der Waals surface area contributed by atoms with Crippen molar-refractivity contribution in [3.05, 3.63) is 22.4 Å². The first-order chi connectivity index (χ1) is 7.65. The second-order valence-electron chi connectivity index (χ2n) is 4.44. The molecule has 0 aliphatic carbocycles. The summed E-state index contributed by atoms with van der Waals surface area (Å²) in [5.41, 5.74) is 1.19. The third kappa shape index (κ3) is 1.87. The van der Waals surface area contributed by atoms with Gasteiger partial charge in [-0.2, -0.15) is 11.3 Å². The molecule has 1 saturated heterocycles. The molecule has 0 spiro atoms. The zero-order chi connectivity index (χ0) is 11.7. The summed E-state index contributed by atoms with van der Waals surface area (Å²) >= 11 is 1.67. The summed E-state index contributed by atoms with van der Waals surface area (Å²) in [6.45, 7) is 4.25. The molecule has 1 fully saturated rings. The molecule has 1 N–H and O–H groups in total. The van der Waals surface area contributed by atoms with E-state index in [2.05, 4.69) is 30.6 Å². The highest BCUT2D eigenvalue weighted by Crippen LogP contribution is 2.28. The van der Waals surface area contributed by atoms with Crippen LogP contribution in [0.1, 0.15) is 32.0 Å². The minimum Gasteiger partial charge on any atom is -0.325 e. The molecule has 0 aromatic carbocycles. The lowest BCUT2D eigenvalue weighted by Gasteiger charge is -2.17. The van der Waals surface area contributed by atoms with Crippen LogP contribution in [0, 0.1) is 5.92 Å². The molecular formula is C12H18N2OS. The van der Waals surface area contributed by atoms with Gasteiger partial charge in [0.25, 0.3) is 0 Å². The summed E-state index contributed by atoms with van der Waals surface area (Å²) in [4.78, 5) is 13.9. The van der Waals surface area contributed by atoms with E-state index in [1.54, 1.807) is 11.3 Å². The first-order valence-electron chi connectivity index (χ1n) is 5.70. The Bertz CT molecular complexity index is 363. The molecule has 0 radical (unpaired) electrons. The Kier molecular flexibility index (Phi) is 3.30. The van der Waals surface area contributed by atoms with Gasteiger partial charge in [0.15, 0.2) is 0 Å². The maximum absolute atomic E-state index is 12.1. The van der Waals surface area contributed by atoms with Gasteiger partial charge in [-0.25, -0.2) is 0 Å². The van der Waals surface area contributed by atoms with Crippen LogP contribution in [0.25, 0.3) is 0 Å². The van der Waals surface area contributed by atoms with Gasteiger partial charge in [-0.15, -0.1) is 0 Å². The quantitative estimate of drug-likeness (QED) is 0.875. The molecule has 3 atom stereocenters. The Hall–Kier alpha value is -0.870. The number of hydrogen-bond donors (Lipinski definition) is 1. The van der Waals surface area contributed by atoms with Crippen molar-refractivity contribution < 1.29 is 4.79 Å². The van der Waals surface area contributed by atoms with Crippen molar-refractivity contribution in [3.63, 3.8) is 0 Å². The molecule has 3 nitrogen and oxygen atoms in total. The monoisotopic (exact) mass is 238 g/mol. The standard InChI is InChI=1S/C12H18N2OS/c1-4-8(2)10-12(15)14(3)11(13-10)9-5-6-16-7-9/h5-8,10-11,13H,4H2,1-3H3. The molecule has 0 saturated carbocycles. The third-order valence-corrected chi connectivity index (χ3v) is 4.11. The van der Waals surface area contributed by atoms with Crippen LogP contribution in [0.15, 0.2) is 16.8 Å². The molecule has 16 heavy (non-hydrogen) atoms. The first-order valence-corrected chi connectivity index (χ1v) is 6.64. The normalized spacial score (nSPS) is 27.4.